The highest BCUT2D eigenvalue weighted by Crippen LogP contribution is 2.29. The second-order valence-corrected chi connectivity index (χ2v) is 6.29. The van der Waals surface area contributed by atoms with Gasteiger partial charge in [-0.3, -0.25) is 10.1 Å². The summed E-state index contributed by atoms with van der Waals surface area (Å²) < 4.78 is 6.14. The van der Waals surface area contributed by atoms with Crippen LogP contribution in [0.5, 0.6) is 5.75 Å². The molecule has 1 aliphatic rings. The second kappa shape index (κ2) is 6.92. The molecule has 1 atom stereocenters. The van der Waals surface area contributed by atoms with Crippen molar-refractivity contribution in [1.29, 1.82) is 0 Å². The lowest BCUT2D eigenvalue weighted by atomic mass is 10.2. The van der Waals surface area contributed by atoms with Crippen molar-refractivity contribution >= 4 is 17.3 Å². The molecule has 0 amide bonds. The quantitative estimate of drug-likeness (QED) is 0.609. The minimum Gasteiger partial charge on any atom is -0.485 e. The number of pyridine rings is 2. The SMILES string of the molecule is Cc1cc([N+](=O)[O-])cnc1N1CC[C@@H](Oc2cccnc2N(C)C)C1. The lowest BCUT2D eigenvalue weighted by molar-refractivity contribution is -0.385. The molecule has 0 spiro atoms. The highest BCUT2D eigenvalue weighted by molar-refractivity contribution is 5.53. The molecule has 3 heterocycles. The molecule has 0 saturated carbocycles. The van der Waals surface area contributed by atoms with E-state index in [0.29, 0.717) is 6.54 Å². The van der Waals surface area contributed by atoms with Crippen LogP contribution < -0.4 is 14.5 Å². The molecule has 0 N–H and O–H groups in total. The number of hydrogen-bond donors (Lipinski definition) is 0. The van der Waals surface area contributed by atoms with Gasteiger partial charge in [0.2, 0.25) is 0 Å². The predicted molar refractivity (Wildman–Crippen MR) is 95.4 cm³/mol. The van der Waals surface area contributed by atoms with Gasteiger partial charge < -0.3 is 14.5 Å². The molecule has 3 rings (SSSR count). The number of nitrogens with zero attached hydrogens (tertiary/aromatic N) is 5. The number of nitro groups is 1. The molecule has 0 radical (unpaired) electrons. The molecule has 1 saturated heterocycles. The van der Waals surface area contributed by atoms with Gasteiger partial charge in [0.1, 0.15) is 18.1 Å². The van der Waals surface area contributed by atoms with Crippen LogP contribution in [0.4, 0.5) is 17.3 Å². The average molecular weight is 343 g/mol. The van der Waals surface area contributed by atoms with Crippen LogP contribution in [0.15, 0.2) is 30.6 Å². The fourth-order valence-corrected chi connectivity index (χ4v) is 2.99. The third-order valence-corrected chi connectivity index (χ3v) is 4.16. The molecule has 8 nitrogen and oxygen atoms in total. The standard InChI is InChI=1S/C17H21N5O3/c1-12-9-13(22(23)24)10-19-16(12)21-8-6-14(11-21)25-15-5-4-7-18-17(15)20(2)3/h4-5,7,9-10,14H,6,8,11H2,1-3H3/t14-/m1/s1. The van der Waals surface area contributed by atoms with Gasteiger partial charge in [-0.2, -0.15) is 0 Å². The number of aromatic nitrogens is 2. The summed E-state index contributed by atoms with van der Waals surface area (Å²) in [4.78, 5) is 23.1. The van der Waals surface area contributed by atoms with Crippen molar-refractivity contribution in [2.45, 2.75) is 19.4 Å². The van der Waals surface area contributed by atoms with Crippen molar-refractivity contribution in [3.8, 4) is 5.75 Å². The summed E-state index contributed by atoms with van der Waals surface area (Å²) in [6, 6.07) is 5.33. The fraction of sp³-hybridized carbons (Fsp3) is 0.412. The van der Waals surface area contributed by atoms with E-state index in [2.05, 4.69) is 14.9 Å². The van der Waals surface area contributed by atoms with Gasteiger partial charge in [0.25, 0.3) is 5.69 Å². The normalized spacial score (nSPS) is 16.8. The smallest absolute Gasteiger partial charge is 0.287 e. The average Bonchev–Trinajstić information content (AvgIpc) is 3.03. The molecule has 25 heavy (non-hydrogen) atoms. The Kier molecular flexibility index (Phi) is 4.69. The number of ether oxygens (including phenoxy) is 1. The largest absolute Gasteiger partial charge is 0.485 e. The molecule has 132 valence electrons. The summed E-state index contributed by atoms with van der Waals surface area (Å²) in [5.41, 5.74) is 0.810. The summed E-state index contributed by atoms with van der Waals surface area (Å²) in [7, 11) is 3.86. The Labute approximate surface area is 146 Å². The Balaban J connectivity index is 1.71. The Morgan fingerprint density at radius 2 is 2.20 bits per heavy atom. The molecule has 1 aliphatic heterocycles. The monoisotopic (exact) mass is 343 g/mol. The van der Waals surface area contributed by atoms with Gasteiger partial charge in [-0.25, -0.2) is 9.97 Å². The first kappa shape index (κ1) is 16.9. The molecule has 8 heteroatoms. The highest BCUT2D eigenvalue weighted by atomic mass is 16.6. The zero-order chi connectivity index (χ0) is 18.0. The maximum Gasteiger partial charge on any atom is 0.287 e. The van der Waals surface area contributed by atoms with Gasteiger partial charge in [-0.1, -0.05) is 0 Å². The maximum absolute atomic E-state index is 10.8. The van der Waals surface area contributed by atoms with Crippen molar-refractivity contribution in [1.82, 2.24) is 9.97 Å². The van der Waals surface area contributed by atoms with E-state index in [1.54, 1.807) is 12.3 Å². The minimum atomic E-state index is -0.426. The highest BCUT2D eigenvalue weighted by Gasteiger charge is 2.27. The van der Waals surface area contributed by atoms with Crippen molar-refractivity contribution in [3.05, 3.63) is 46.3 Å². The van der Waals surface area contributed by atoms with Crippen LogP contribution in [-0.2, 0) is 0 Å². The van der Waals surface area contributed by atoms with E-state index >= 15 is 0 Å². The molecule has 0 aliphatic carbocycles. The zero-order valence-electron chi connectivity index (χ0n) is 14.5. The van der Waals surface area contributed by atoms with Crippen molar-refractivity contribution in [2.75, 3.05) is 37.0 Å². The van der Waals surface area contributed by atoms with E-state index in [4.69, 9.17) is 4.74 Å². The van der Waals surface area contributed by atoms with Crippen molar-refractivity contribution in [2.24, 2.45) is 0 Å². The first-order chi connectivity index (χ1) is 12.0. The first-order valence-corrected chi connectivity index (χ1v) is 8.10. The lowest BCUT2D eigenvalue weighted by Crippen LogP contribution is -2.26. The summed E-state index contributed by atoms with van der Waals surface area (Å²) in [5, 5.41) is 10.8. The van der Waals surface area contributed by atoms with Crippen molar-refractivity contribution in [3.63, 3.8) is 0 Å². The Morgan fingerprint density at radius 3 is 2.88 bits per heavy atom. The molecule has 0 aromatic carbocycles. The Hall–Kier alpha value is -2.90. The van der Waals surface area contributed by atoms with Crippen LogP contribution >= 0.6 is 0 Å². The second-order valence-electron chi connectivity index (χ2n) is 6.29. The number of hydrogen-bond acceptors (Lipinski definition) is 7. The summed E-state index contributed by atoms with van der Waals surface area (Å²) in [5.74, 6) is 2.33. The summed E-state index contributed by atoms with van der Waals surface area (Å²) >= 11 is 0. The van der Waals surface area contributed by atoms with Crippen LogP contribution in [-0.4, -0.2) is 48.2 Å². The van der Waals surface area contributed by atoms with Gasteiger partial charge >= 0.3 is 0 Å². The third kappa shape index (κ3) is 3.62. The Morgan fingerprint density at radius 1 is 1.40 bits per heavy atom. The van der Waals surface area contributed by atoms with Gasteiger partial charge in [0.05, 0.1) is 11.5 Å². The van der Waals surface area contributed by atoms with Gasteiger partial charge in [-0.05, 0) is 24.6 Å². The molecular weight excluding hydrogens is 322 g/mol. The molecule has 1 fully saturated rings. The topological polar surface area (TPSA) is 84.6 Å². The van der Waals surface area contributed by atoms with Gasteiger partial charge in [0, 0.05) is 39.3 Å². The Bertz CT molecular complexity index is 781. The zero-order valence-corrected chi connectivity index (χ0v) is 14.5. The van der Waals surface area contributed by atoms with E-state index in [0.717, 1.165) is 35.9 Å². The van der Waals surface area contributed by atoms with Gasteiger partial charge in [0.15, 0.2) is 11.6 Å². The fourth-order valence-electron chi connectivity index (χ4n) is 2.99. The number of rotatable bonds is 5. The number of anilines is 2. The van der Waals surface area contributed by atoms with Gasteiger partial charge in [-0.15, -0.1) is 0 Å². The number of aryl methyl sites for hydroxylation is 1. The summed E-state index contributed by atoms with van der Waals surface area (Å²) in [6.45, 7) is 3.33. The first-order valence-electron chi connectivity index (χ1n) is 8.10. The van der Waals surface area contributed by atoms with Crippen LogP contribution in [0, 0.1) is 17.0 Å². The van der Waals surface area contributed by atoms with Crippen molar-refractivity contribution < 1.29 is 9.66 Å². The third-order valence-electron chi connectivity index (χ3n) is 4.16. The summed E-state index contributed by atoms with van der Waals surface area (Å²) in [6.07, 6.45) is 3.94. The van der Waals surface area contributed by atoms with E-state index in [1.165, 1.54) is 6.20 Å². The lowest BCUT2D eigenvalue weighted by Gasteiger charge is -2.21. The predicted octanol–water partition coefficient (Wildman–Crippen LogP) is 2.42. The van der Waals surface area contributed by atoms with Crippen LogP contribution in [0.25, 0.3) is 0 Å². The van der Waals surface area contributed by atoms with E-state index in [-0.39, 0.29) is 11.8 Å². The molecular formula is C17H21N5O3. The van der Waals surface area contributed by atoms with Crippen LogP contribution in [0.3, 0.4) is 0 Å². The van der Waals surface area contributed by atoms with Crippen LogP contribution in [0.2, 0.25) is 0 Å². The van der Waals surface area contributed by atoms with E-state index < -0.39 is 4.92 Å². The minimum absolute atomic E-state index is 0.0132. The van der Waals surface area contributed by atoms with Crippen LogP contribution in [0.1, 0.15) is 12.0 Å². The van der Waals surface area contributed by atoms with E-state index in [9.17, 15) is 10.1 Å². The molecule has 2 aromatic rings. The molecule has 2 aromatic heterocycles. The molecule has 0 unspecified atom stereocenters. The maximum atomic E-state index is 10.8. The molecule has 0 bridgehead atoms. The van der Waals surface area contributed by atoms with E-state index in [1.807, 2.05) is 38.1 Å².